The van der Waals surface area contributed by atoms with Crippen LogP contribution in [0.25, 0.3) is 0 Å². The molecule has 0 radical (unpaired) electrons. The zero-order valence-electron chi connectivity index (χ0n) is 9.45. The first kappa shape index (κ1) is 12.5. The predicted octanol–water partition coefficient (Wildman–Crippen LogP) is 2.33. The number of carbonyl (C=O) groups excluding carboxylic acids is 1. The van der Waals surface area contributed by atoms with Crippen LogP contribution >= 0.6 is 0 Å². The van der Waals surface area contributed by atoms with Crippen molar-refractivity contribution in [2.45, 2.75) is 13.1 Å². The second-order valence-electron chi connectivity index (χ2n) is 3.58. The summed E-state index contributed by atoms with van der Waals surface area (Å²) >= 11 is 0. The molecular weight excluding hydrogens is 251 g/mol. The lowest BCUT2D eigenvalue weighted by molar-refractivity contribution is -0.170. The van der Waals surface area contributed by atoms with Crippen LogP contribution in [0.15, 0.2) is 18.2 Å². The van der Waals surface area contributed by atoms with Gasteiger partial charge in [0.15, 0.2) is 11.5 Å². The molecule has 0 bridgehead atoms. The van der Waals surface area contributed by atoms with Gasteiger partial charge < -0.3 is 14.4 Å². The lowest BCUT2D eigenvalue weighted by Gasteiger charge is -2.22. The monoisotopic (exact) mass is 261 g/mol. The number of ether oxygens (including phenoxy) is 2. The van der Waals surface area contributed by atoms with E-state index in [4.69, 9.17) is 9.47 Å². The third-order valence-electron chi connectivity index (χ3n) is 2.47. The largest absolute Gasteiger partial charge is 0.471 e. The second kappa shape index (κ2) is 4.40. The smallest absolute Gasteiger partial charge is 0.454 e. The molecule has 0 aromatic heterocycles. The van der Waals surface area contributed by atoms with Gasteiger partial charge in [0.25, 0.3) is 0 Å². The van der Waals surface area contributed by atoms with Crippen LogP contribution in [0.5, 0.6) is 11.5 Å². The average molecular weight is 261 g/mol. The Bertz CT molecular complexity index is 473. The van der Waals surface area contributed by atoms with Gasteiger partial charge >= 0.3 is 12.1 Å². The normalized spacial score (nSPS) is 13.6. The molecule has 1 aromatic carbocycles. The van der Waals surface area contributed by atoms with Crippen LogP contribution in [0.1, 0.15) is 6.92 Å². The standard InChI is InChI=1S/C11H10F3NO3/c1-2-15(10(16)11(12,13)14)7-3-4-8-9(5-7)18-6-17-8/h3-5H,2,6H2,1H3. The Morgan fingerprint density at radius 3 is 2.61 bits per heavy atom. The Morgan fingerprint density at radius 1 is 1.33 bits per heavy atom. The Morgan fingerprint density at radius 2 is 2.00 bits per heavy atom. The van der Waals surface area contributed by atoms with Gasteiger partial charge in [-0.3, -0.25) is 4.79 Å². The fourth-order valence-corrected chi connectivity index (χ4v) is 1.65. The van der Waals surface area contributed by atoms with Crippen molar-refractivity contribution in [2.75, 3.05) is 18.2 Å². The number of alkyl halides is 3. The van der Waals surface area contributed by atoms with Gasteiger partial charge in [0.1, 0.15) is 0 Å². The van der Waals surface area contributed by atoms with Crippen LogP contribution in [0.2, 0.25) is 0 Å². The van der Waals surface area contributed by atoms with Gasteiger partial charge in [-0.05, 0) is 19.1 Å². The fourth-order valence-electron chi connectivity index (χ4n) is 1.65. The highest BCUT2D eigenvalue weighted by molar-refractivity contribution is 5.97. The zero-order valence-corrected chi connectivity index (χ0v) is 9.45. The molecule has 0 unspecified atom stereocenters. The van der Waals surface area contributed by atoms with Gasteiger partial charge in [0.2, 0.25) is 6.79 Å². The molecule has 0 atom stereocenters. The van der Waals surface area contributed by atoms with E-state index in [0.717, 1.165) is 0 Å². The van der Waals surface area contributed by atoms with Crippen molar-refractivity contribution < 1.29 is 27.4 Å². The van der Waals surface area contributed by atoms with E-state index in [-0.39, 0.29) is 19.0 Å². The number of carbonyl (C=O) groups is 1. The van der Waals surface area contributed by atoms with Gasteiger partial charge in [-0.2, -0.15) is 13.2 Å². The van der Waals surface area contributed by atoms with Gasteiger partial charge in [-0.25, -0.2) is 0 Å². The summed E-state index contributed by atoms with van der Waals surface area (Å²) in [6.45, 7) is 1.41. The first-order valence-electron chi connectivity index (χ1n) is 5.22. The van der Waals surface area contributed by atoms with Crippen molar-refractivity contribution in [1.82, 2.24) is 0 Å². The van der Waals surface area contributed by atoms with Crippen LogP contribution in [-0.2, 0) is 4.79 Å². The van der Waals surface area contributed by atoms with E-state index < -0.39 is 12.1 Å². The molecule has 2 rings (SSSR count). The molecule has 0 saturated carbocycles. The maximum Gasteiger partial charge on any atom is 0.471 e. The van der Waals surface area contributed by atoms with Crippen LogP contribution in [0.4, 0.5) is 18.9 Å². The lowest BCUT2D eigenvalue weighted by atomic mass is 10.2. The second-order valence-corrected chi connectivity index (χ2v) is 3.58. The Balaban J connectivity index is 2.31. The summed E-state index contributed by atoms with van der Waals surface area (Å²) < 4.78 is 47.3. The SMILES string of the molecule is CCN(C(=O)C(F)(F)F)c1ccc2c(c1)OCO2. The average Bonchev–Trinajstić information content (AvgIpc) is 2.76. The highest BCUT2D eigenvalue weighted by atomic mass is 19.4. The summed E-state index contributed by atoms with van der Waals surface area (Å²) in [6, 6.07) is 4.22. The minimum Gasteiger partial charge on any atom is -0.454 e. The molecule has 1 aliphatic rings. The van der Waals surface area contributed by atoms with Crippen molar-refractivity contribution in [2.24, 2.45) is 0 Å². The van der Waals surface area contributed by atoms with Crippen LogP contribution in [0.3, 0.4) is 0 Å². The molecule has 0 N–H and O–H groups in total. The molecule has 1 aliphatic heterocycles. The van der Waals surface area contributed by atoms with E-state index in [1.54, 1.807) is 0 Å². The van der Waals surface area contributed by atoms with Crippen molar-refractivity contribution in [3.63, 3.8) is 0 Å². The molecule has 98 valence electrons. The predicted molar refractivity (Wildman–Crippen MR) is 56.6 cm³/mol. The summed E-state index contributed by atoms with van der Waals surface area (Å²) in [6.07, 6.45) is -4.90. The third-order valence-corrected chi connectivity index (χ3v) is 2.47. The molecule has 1 heterocycles. The Labute approximate surface area is 101 Å². The summed E-state index contributed by atoms with van der Waals surface area (Å²) in [4.78, 5) is 11.9. The van der Waals surface area contributed by atoms with Gasteiger partial charge in [-0.1, -0.05) is 0 Å². The fraction of sp³-hybridized carbons (Fsp3) is 0.364. The Hall–Kier alpha value is -1.92. The van der Waals surface area contributed by atoms with E-state index in [1.165, 1.54) is 25.1 Å². The number of benzene rings is 1. The van der Waals surface area contributed by atoms with E-state index in [9.17, 15) is 18.0 Å². The number of amides is 1. The van der Waals surface area contributed by atoms with E-state index in [2.05, 4.69) is 0 Å². The number of fused-ring (bicyclic) bond motifs is 1. The Kier molecular flexibility index (Phi) is 3.06. The first-order chi connectivity index (χ1) is 8.43. The van der Waals surface area contributed by atoms with Crippen LogP contribution < -0.4 is 14.4 Å². The first-order valence-corrected chi connectivity index (χ1v) is 5.22. The van der Waals surface area contributed by atoms with Crippen molar-refractivity contribution in [3.8, 4) is 11.5 Å². The topological polar surface area (TPSA) is 38.8 Å². The molecule has 4 nitrogen and oxygen atoms in total. The highest BCUT2D eigenvalue weighted by Crippen LogP contribution is 2.36. The molecule has 0 spiro atoms. The zero-order chi connectivity index (χ0) is 13.3. The van der Waals surface area contributed by atoms with Crippen LogP contribution in [-0.4, -0.2) is 25.4 Å². The maximum atomic E-state index is 12.4. The molecule has 0 aliphatic carbocycles. The van der Waals surface area contributed by atoms with Crippen molar-refractivity contribution in [1.29, 1.82) is 0 Å². The minimum atomic E-state index is -4.90. The number of rotatable bonds is 2. The van der Waals surface area contributed by atoms with Crippen molar-refractivity contribution in [3.05, 3.63) is 18.2 Å². The summed E-state index contributed by atoms with van der Waals surface area (Å²) in [5.41, 5.74) is 0.129. The number of nitrogens with zero attached hydrogens (tertiary/aromatic N) is 1. The molecule has 1 aromatic rings. The van der Waals surface area contributed by atoms with E-state index in [0.29, 0.717) is 16.4 Å². The maximum absolute atomic E-state index is 12.4. The molecule has 0 fully saturated rings. The highest BCUT2D eigenvalue weighted by Gasteiger charge is 2.42. The number of hydrogen-bond donors (Lipinski definition) is 0. The summed E-state index contributed by atoms with van der Waals surface area (Å²) in [7, 11) is 0. The molecule has 1 amide bonds. The number of anilines is 1. The van der Waals surface area contributed by atoms with E-state index in [1.807, 2.05) is 0 Å². The lowest BCUT2D eigenvalue weighted by Crippen LogP contribution is -2.41. The third kappa shape index (κ3) is 2.20. The number of hydrogen-bond acceptors (Lipinski definition) is 3. The molecule has 7 heteroatoms. The quantitative estimate of drug-likeness (QED) is 0.820. The van der Waals surface area contributed by atoms with Gasteiger partial charge in [0, 0.05) is 18.3 Å². The molecule has 0 saturated heterocycles. The number of halogens is 3. The van der Waals surface area contributed by atoms with Gasteiger partial charge in [0.05, 0.1) is 0 Å². The van der Waals surface area contributed by atoms with E-state index >= 15 is 0 Å². The van der Waals surface area contributed by atoms with Crippen molar-refractivity contribution >= 4 is 11.6 Å². The summed E-state index contributed by atoms with van der Waals surface area (Å²) in [5, 5.41) is 0. The van der Waals surface area contributed by atoms with Crippen LogP contribution in [0, 0.1) is 0 Å². The van der Waals surface area contributed by atoms with Gasteiger partial charge in [-0.15, -0.1) is 0 Å². The molecule has 18 heavy (non-hydrogen) atoms. The summed E-state index contributed by atoms with van der Waals surface area (Å²) in [5.74, 6) is -1.11. The molecular formula is C11H10F3NO3. The minimum absolute atomic E-state index is 0.0259.